The molecule has 1 atom stereocenters. The van der Waals surface area contributed by atoms with Gasteiger partial charge in [-0.05, 0) is 45.8 Å². The van der Waals surface area contributed by atoms with Crippen molar-refractivity contribution >= 4 is 5.78 Å². The van der Waals surface area contributed by atoms with Crippen molar-refractivity contribution in [1.29, 1.82) is 0 Å². The van der Waals surface area contributed by atoms with Crippen molar-refractivity contribution in [1.82, 2.24) is 10.2 Å². The van der Waals surface area contributed by atoms with Crippen LogP contribution in [0, 0.1) is 5.92 Å². The Morgan fingerprint density at radius 1 is 1.24 bits per heavy atom. The molecule has 1 aliphatic rings. The Morgan fingerprint density at radius 3 is 2.06 bits per heavy atom. The zero-order valence-electron chi connectivity index (χ0n) is 12.4. The van der Waals surface area contributed by atoms with Gasteiger partial charge in [0.15, 0.2) is 0 Å². The first-order chi connectivity index (χ1) is 8.00. The molecule has 0 bridgehead atoms. The molecule has 1 saturated heterocycles. The average Bonchev–Trinajstić information content (AvgIpc) is 2.29. The highest BCUT2D eigenvalue weighted by Crippen LogP contribution is 2.20. The number of hydrogen-bond donors (Lipinski definition) is 1. The highest BCUT2D eigenvalue weighted by molar-refractivity contribution is 5.81. The van der Waals surface area contributed by atoms with Gasteiger partial charge in [0, 0.05) is 6.04 Å². The maximum absolute atomic E-state index is 11.6. The van der Waals surface area contributed by atoms with E-state index in [2.05, 4.69) is 31.1 Å². The van der Waals surface area contributed by atoms with Crippen LogP contribution in [0.4, 0.5) is 0 Å². The van der Waals surface area contributed by atoms with E-state index in [-0.39, 0.29) is 6.04 Å². The topological polar surface area (TPSA) is 32.3 Å². The van der Waals surface area contributed by atoms with Gasteiger partial charge in [-0.15, -0.1) is 0 Å². The van der Waals surface area contributed by atoms with Crippen LogP contribution in [0.5, 0.6) is 0 Å². The molecule has 0 aromatic heterocycles. The largest absolute Gasteiger partial charge is 0.306 e. The van der Waals surface area contributed by atoms with E-state index in [0.29, 0.717) is 17.7 Å². The van der Waals surface area contributed by atoms with Gasteiger partial charge in [0.25, 0.3) is 0 Å². The maximum Gasteiger partial charge on any atom is 0.146 e. The van der Waals surface area contributed by atoms with Crippen molar-refractivity contribution in [3.05, 3.63) is 0 Å². The lowest BCUT2D eigenvalue weighted by atomic mass is 9.87. The molecule has 0 spiro atoms. The summed E-state index contributed by atoms with van der Waals surface area (Å²) in [6.07, 6.45) is 2.28. The molecule has 0 radical (unpaired) electrons. The molecule has 102 valence electrons. The Morgan fingerprint density at radius 2 is 1.71 bits per heavy atom. The summed E-state index contributed by atoms with van der Waals surface area (Å²) >= 11 is 0. The minimum atomic E-state index is 0.0682. The quantitative estimate of drug-likeness (QED) is 0.821. The zero-order chi connectivity index (χ0) is 13.4. The van der Waals surface area contributed by atoms with E-state index < -0.39 is 0 Å². The van der Waals surface area contributed by atoms with Gasteiger partial charge in [0.1, 0.15) is 5.78 Å². The van der Waals surface area contributed by atoms with E-state index in [4.69, 9.17) is 0 Å². The fraction of sp³-hybridized carbons (Fsp3) is 0.929. The molecule has 0 saturated carbocycles. The molecule has 1 rings (SSSR count). The van der Waals surface area contributed by atoms with E-state index in [1.165, 1.54) is 0 Å². The third-order valence-electron chi connectivity index (χ3n) is 3.19. The minimum Gasteiger partial charge on any atom is -0.306 e. The second-order valence-electron chi connectivity index (χ2n) is 5.05. The highest BCUT2D eigenvalue weighted by atomic mass is 16.1. The van der Waals surface area contributed by atoms with Crippen LogP contribution in [0.3, 0.4) is 0 Å². The van der Waals surface area contributed by atoms with Gasteiger partial charge in [-0.2, -0.15) is 0 Å². The van der Waals surface area contributed by atoms with E-state index in [1.807, 2.05) is 13.8 Å². The molecule has 1 aliphatic heterocycles. The molecule has 1 heterocycles. The standard InChI is InChI=1S/C12H24N2O.C2H6/c1-9(2)13-12(10(3)15)11-5-7-14(4)8-6-11;1-2/h9,11-13H,5-8H2,1-4H3;1-2H3. The Labute approximate surface area is 107 Å². The monoisotopic (exact) mass is 242 g/mol. The number of carbonyl (C=O) groups excluding carboxylic acids is 1. The van der Waals surface area contributed by atoms with Gasteiger partial charge in [-0.3, -0.25) is 4.79 Å². The average molecular weight is 242 g/mol. The number of ketones is 1. The van der Waals surface area contributed by atoms with E-state index >= 15 is 0 Å². The molecule has 3 nitrogen and oxygen atoms in total. The third kappa shape index (κ3) is 6.18. The lowest BCUT2D eigenvalue weighted by Crippen LogP contribution is -2.48. The van der Waals surface area contributed by atoms with Crippen LogP contribution in [-0.2, 0) is 4.79 Å². The van der Waals surface area contributed by atoms with Crippen LogP contribution in [0.1, 0.15) is 47.5 Å². The second-order valence-corrected chi connectivity index (χ2v) is 5.05. The summed E-state index contributed by atoms with van der Waals surface area (Å²) in [7, 11) is 2.15. The minimum absolute atomic E-state index is 0.0682. The number of rotatable bonds is 4. The summed E-state index contributed by atoms with van der Waals surface area (Å²) in [6, 6.07) is 0.456. The van der Waals surface area contributed by atoms with Crippen molar-refractivity contribution in [2.24, 2.45) is 5.92 Å². The van der Waals surface area contributed by atoms with Crippen molar-refractivity contribution in [2.45, 2.75) is 59.5 Å². The molecule has 17 heavy (non-hydrogen) atoms. The third-order valence-corrected chi connectivity index (χ3v) is 3.19. The number of nitrogens with one attached hydrogen (secondary N) is 1. The van der Waals surface area contributed by atoms with Gasteiger partial charge >= 0.3 is 0 Å². The van der Waals surface area contributed by atoms with Crippen molar-refractivity contribution in [2.75, 3.05) is 20.1 Å². The summed E-state index contributed by atoms with van der Waals surface area (Å²) in [4.78, 5) is 13.9. The molecule has 0 aromatic rings. The van der Waals surface area contributed by atoms with Crippen LogP contribution in [0.15, 0.2) is 0 Å². The van der Waals surface area contributed by atoms with E-state index in [1.54, 1.807) is 6.92 Å². The molecule has 1 N–H and O–H groups in total. The fourth-order valence-electron chi connectivity index (χ4n) is 2.31. The molecular weight excluding hydrogens is 212 g/mol. The zero-order valence-corrected chi connectivity index (χ0v) is 12.4. The molecule has 3 heteroatoms. The highest BCUT2D eigenvalue weighted by Gasteiger charge is 2.28. The first-order valence-electron chi connectivity index (χ1n) is 6.95. The fourth-order valence-corrected chi connectivity index (χ4v) is 2.31. The lowest BCUT2D eigenvalue weighted by molar-refractivity contribution is -0.120. The van der Waals surface area contributed by atoms with Crippen LogP contribution in [0.2, 0.25) is 0 Å². The summed E-state index contributed by atoms with van der Waals surface area (Å²) < 4.78 is 0. The maximum atomic E-state index is 11.6. The SMILES string of the molecule is CC.CC(=O)C(NC(C)C)C1CCN(C)CC1. The molecule has 1 unspecified atom stereocenters. The first kappa shape index (κ1) is 16.6. The summed E-state index contributed by atoms with van der Waals surface area (Å²) in [5.74, 6) is 0.819. The molecular formula is C14H30N2O. The Bertz CT molecular complexity index is 208. The molecule has 1 fully saturated rings. The van der Waals surface area contributed by atoms with Crippen LogP contribution in [0.25, 0.3) is 0 Å². The van der Waals surface area contributed by atoms with Crippen molar-refractivity contribution < 1.29 is 4.79 Å². The Kier molecular flexibility index (Phi) is 8.44. The number of carbonyl (C=O) groups is 1. The van der Waals surface area contributed by atoms with Gasteiger partial charge in [-0.1, -0.05) is 27.7 Å². The van der Waals surface area contributed by atoms with Gasteiger partial charge in [0.2, 0.25) is 0 Å². The molecule has 0 amide bonds. The number of piperidine rings is 1. The van der Waals surface area contributed by atoms with E-state index in [0.717, 1.165) is 25.9 Å². The number of likely N-dealkylation sites (tertiary alicyclic amines) is 1. The summed E-state index contributed by atoms with van der Waals surface area (Å²) in [5, 5.41) is 3.40. The predicted molar refractivity (Wildman–Crippen MR) is 74.3 cm³/mol. The smallest absolute Gasteiger partial charge is 0.146 e. The van der Waals surface area contributed by atoms with Gasteiger partial charge in [-0.25, -0.2) is 0 Å². The Balaban J connectivity index is 0.00000121. The molecule has 0 aromatic carbocycles. The normalized spacial score (nSPS) is 19.7. The van der Waals surface area contributed by atoms with Crippen LogP contribution < -0.4 is 5.32 Å². The first-order valence-corrected chi connectivity index (χ1v) is 6.95. The van der Waals surface area contributed by atoms with Crippen molar-refractivity contribution in [3.63, 3.8) is 0 Å². The lowest BCUT2D eigenvalue weighted by Gasteiger charge is -2.34. The summed E-state index contributed by atoms with van der Waals surface area (Å²) in [5.41, 5.74) is 0. The predicted octanol–water partition coefficient (Wildman–Crippen LogP) is 2.31. The van der Waals surface area contributed by atoms with Gasteiger partial charge in [0.05, 0.1) is 6.04 Å². The van der Waals surface area contributed by atoms with Crippen molar-refractivity contribution in [3.8, 4) is 0 Å². The van der Waals surface area contributed by atoms with E-state index in [9.17, 15) is 4.79 Å². The van der Waals surface area contributed by atoms with Gasteiger partial charge < -0.3 is 10.2 Å². The number of nitrogens with zero attached hydrogens (tertiary/aromatic N) is 1. The summed E-state index contributed by atoms with van der Waals surface area (Å²) in [6.45, 7) is 12.1. The number of hydrogen-bond acceptors (Lipinski definition) is 3. The number of Topliss-reactive ketones (excluding diaryl/α,β-unsaturated/α-hetero) is 1. The molecule has 0 aliphatic carbocycles. The van der Waals surface area contributed by atoms with Crippen LogP contribution >= 0.6 is 0 Å². The Hall–Kier alpha value is -0.410. The second kappa shape index (κ2) is 8.65. The van der Waals surface area contributed by atoms with Crippen LogP contribution in [-0.4, -0.2) is 42.9 Å².